The van der Waals surface area contributed by atoms with Gasteiger partial charge >= 0.3 is 6.03 Å². The summed E-state index contributed by atoms with van der Waals surface area (Å²) in [4.78, 5) is 28.6. The molecule has 2 aliphatic rings. The number of rotatable bonds is 4. The number of likely N-dealkylation sites (tertiary alicyclic amines) is 2. The summed E-state index contributed by atoms with van der Waals surface area (Å²) in [6.07, 6.45) is 4.08. The minimum absolute atomic E-state index is 0.0228. The molecule has 0 aliphatic carbocycles. The monoisotopic (exact) mass is 324 g/mol. The third-order valence-corrected chi connectivity index (χ3v) is 4.56. The highest BCUT2D eigenvalue weighted by molar-refractivity contribution is 5.79. The lowest BCUT2D eigenvalue weighted by molar-refractivity contribution is -0.126. The molecule has 6 nitrogen and oxygen atoms in total. The molecule has 2 aliphatic heterocycles. The Labute approximate surface area is 140 Å². The van der Waals surface area contributed by atoms with E-state index in [1.807, 2.05) is 25.7 Å². The van der Waals surface area contributed by atoms with E-state index in [2.05, 4.69) is 15.5 Å². The van der Waals surface area contributed by atoms with Gasteiger partial charge in [0.05, 0.1) is 0 Å². The molecule has 2 rings (SSSR count). The van der Waals surface area contributed by atoms with E-state index in [9.17, 15) is 9.59 Å². The predicted molar refractivity (Wildman–Crippen MR) is 91.3 cm³/mol. The standard InChI is InChI=1S/C17H32N4O2/c1-17(2,3)19-16(23)21-11-6-14(7-12-21)15(22)18-8-13-20-9-4-5-10-20/h14H,4-13H2,1-3H3,(H,18,22)(H,19,23). The highest BCUT2D eigenvalue weighted by Crippen LogP contribution is 2.18. The molecule has 23 heavy (non-hydrogen) atoms. The number of nitrogens with one attached hydrogen (secondary N) is 2. The van der Waals surface area contributed by atoms with Crippen molar-refractivity contribution in [3.05, 3.63) is 0 Å². The van der Waals surface area contributed by atoms with Crippen LogP contribution in [0, 0.1) is 5.92 Å². The van der Waals surface area contributed by atoms with Crippen LogP contribution >= 0.6 is 0 Å². The van der Waals surface area contributed by atoms with Gasteiger partial charge in [0, 0.05) is 37.6 Å². The topological polar surface area (TPSA) is 64.7 Å². The van der Waals surface area contributed by atoms with Crippen molar-refractivity contribution >= 4 is 11.9 Å². The van der Waals surface area contributed by atoms with E-state index in [-0.39, 0.29) is 23.4 Å². The highest BCUT2D eigenvalue weighted by Gasteiger charge is 2.28. The van der Waals surface area contributed by atoms with E-state index >= 15 is 0 Å². The molecule has 0 spiro atoms. The Bertz CT molecular complexity index is 405. The number of hydrogen-bond donors (Lipinski definition) is 2. The molecular formula is C17H32N4O2. The van der Waals surface area contributed by atoms with Crippen molar-refractivity contribution in [3.8, 4) is 0 Å². The van der Waals surface area contributed by atoms with Crippen molar-refractivity contribution in [2.45, 2.75) is 52.0 Å². The van der Waals surface area contributed by atoms with Crippen LogP contribution in [0.1, 0.15) is 46.5 Å². The van der Waals surface area contributed by atoms with Crippen molar-refractivity contribution in [3.63, 3.8) is 0 Å². The molecule has 0 aromatic rings. The SMILES string of the molecule is CC(C)(C)NC(=O)N1CCC(C(=O)NCCN2CCCC2)CC1. The van der Waals surface area contributed by atoms with Crippen LogP contribution in [0.4, 0.5) is 4.79 Å². The minimum Gasteiger partial charge on any atom is -0.355 e. The molecule has 0 bridgehead atoms. The van der Waals surface area contributed by atoms with Crippen LogP contribution in [0.25, 0.3) is 0 Å². The Morgan fingerprint density at radius 3 is 2.22 bits per heavy atom. The van der Waals surface area contributed by atoms with E-state index in [1.54, 1.807) is 0 Å². The Hall–Kier alpha value is -1.30. The van der Waals surface area contributed by atoms with Gasteiger partial charge in [-0.1, -0.05) is 0 Å². The molecule has 2 fully saturated rings. The summed E-state index contributed by atoms with van der Waals surface area (Å²) in [6.45, 7) is 11.3. The smallest absolute Gasteiger partial charge is 0.317 e. The average Bonchev–Trinajstić information content (AvgIpc) is 2.99. The summed E-state index contributed by atoms with van der Waals surface area (Å²) in [7, 11) is 0. The highest BCUT2D eigenvalue weighted by atomic mass is 16.2. The zero-order chi connectivity index (χ0) is 16.9. The lowest BCUT2D eigenvalue weighted by Crippen LogP contribution is -2.51. The first-order valence-electron chi connectivity index (χ1n) is 8.92. The van der Waals surface area contributed by atoms with Crippen LogP contribution in [0.15, 0.2) is 0 Å². The van der Waals surface area contributed by atoms with Gasteiger partial charge in [-0.2, -0.15) is 0 Å². The number of nitrogens with zero attached hydrogens (tertiary/aromatic N) is 2. The molecular weight excluding hydrogens is 292 g/mol. The molecule has 132 valence electrons. The van der Waals surface area contributed by atoms with Crippen LogP contribution in [-0.2, 0) is 4.79 Å². The molecule has 0 saturated carbocycles. The fourth-order valence-electron chi connectivity index (χ4n) is 3.23. The normalized spacial score (nSPS) is 20.6. The fourth-order valence-corrected chi connectivity index (χ4v) is 3.23. The molecule has 0 aromatic heterocycles. The van der Waals surface area contributed by atoms with E-state index in [1.165, 1.54) is 12.8 Å². The molecule has 0 unspecified atom stereocenters. The van der Waals surface area contributed by atoms with Gasteiger partial charge in [-0.25, -0.2) is 4.79 Å². The second-order valence-electron chi connectivity index (χ2n) is 7.78. The van der Waals surface area contributed by atoms with Crippen molar-refractivity contribution in [1.29, 1.82) is 0 Å². The summed E-state index contributed by atoms with van der Waals surface area (Å²) < 4.78 is 0. The molecule has 0 atom stereocenters. The first kappa shape index (κ1) is 18.0. The summed E-state index contributed by atoms with van der Waals surface area (Å²) in [5.74, 6) is 0.201. The summed E-state index contributed by atoms with van der Waals surface area (Å²) >= 11 is 0. The number of urea groups is 1. The number of piperidine rings is 1. The second kappa shape index (κ2) is 7.99. The Kier molecular flexibility index (Phi) is 6.27. The third kappa shape index (κ3) is 6.01. The molecule has 0 radical (unpaired) electrons. The summed E-state index contributed by atoms with van der Waals surface area (Å²) in [6, 6.07) is -0.0228. The lowest BCUT2D eigenvalue weighted by Gasteiger charge is -2.33. The van der Waals surface area contributed by atoms with Crippen LogP contribution in [0.3, 0.4) is 0 Å². The van der Waals surface area contributed by atoms with Crippen LogP contribution in [0.5, 0.6) is 0 Å². The van der Waals surface area contributed by atoms with Crippen molar-refractivity contribution in [1.82, 2.24) is 20.4 Å². The zero-order valence-electron chi connectivity index (χ0n) is 14.9. The Morgan fingerprint density at radius 2 is 1.65 bits per heavy atom. The van der Waals surface area contributed by atoms with Gasteiger partial charge < -0.3 is 20.4 Å². The molecule has 2 saturated heterocycles. The first-order valence-corrected chi connectivity index (χ1v) is 8.92. The maximum absolute atomic E-state index is 12.2. The van der Waals surface area contributed by atoms with Gasteiger partial charge in [0.15, 0.2) is 0 Å². The minimum atomic E-state index is -0.221. The molecule has 3 amide bonds. The average molecular weight is 324 g/mol. The van der Waals surface area contributed by atoms with E-state index < -0.39 is 0 Å². The van der Waals surface area contributed by atoms with Gasteiger partial charge in [-0.3, -0.25) is 4.79 Å². The Morgan fingerprint density at radius 1 is 1.04 bits per heavy atom. The molecule has 2 heterocycles. The first-order chi connectivity index (χ1) is 10.8. The number of hydrogen-bond acceptors (Lipinski definition) is 3. The number of carbonyl (C=O) groups is 2. The van der Waals surface area contributed by atoms with E-state index in [0.717, 1.165) is 39.0 Å². The lowest BCUT2D eigenvalue weighted by atomic mass is 9.96. The summed E-state index contributed by atoms with van der Waals surface area (Å²) in [5.41, 5.74) is -0.221. The van der Waals surface area contributed by atoms with E-state index in [0.29, 0.717) is 13.1 Å². The van der Waals surface area contributed by atoms with Gasteiger partial charge in [-0.05, 0) is 59.5 Å². The van der Waals surface area contributed by atoms with Gasteiger partial charge in [0.25, 0.3) is 0 Å². The molecule has 2 N–H and O–H groups in total. The van der Waals surface area contributed by atoms with Gasteiger partial charge in [0.1, 0.15) is 0 Å². The fraction of sp³-hybridized carbons (Fsp3) is 0.882. The maximum atomic E-state index is 12.2. The zero-order valence-corrected chi connectivity index (χ0v) is 14.9. The largest absolute Gasteiger partial charge is 0.355 e. The van der Waals surface area contributed by atoms with Crippen LogP contribution < -0.4 is 10.6 Å². The molecule has 0 aromatic carbocycles. The van der Waals surface area contributed by atoms with E-state index in [4.69, 9.17) is 0 Å². The predicted octanol–water partition coefficient (Wildman–Crippen LogP) is 1.42. The second-order valence-corrected chi connectivity index (χ2v) is 7.78. The van der Waals surface area contributed by atoms with Crippen LogP contribution in [-0.4, -0.2) is 66.5 Å². The van der Waals surface area contributed by atoms with Gasteiger partial charge in [-0.15, -0.1) is 0 Å². The summed E-state index contributed by atoms with van der Waals surface area (Å²) in [5, 5.41) is 6.04. The van der Waals surface area contributed by atoms with Crippen LogP contribution in [0.2, 0.25) is 0 Å². The Balaban J connectivity index is 1.65. The number of carbonyl (C=O) groups excluding carboxylic acids is 2. The van der Waals surface area contributed by atoms with Crippen molar-refractivity contribution in [2.24, 2.45) is 5.92 Å². The molecule has 6 heteroatoms. The van der Waals surface area contributed by atoms with Gasteiger partial charge in [0.2, 0.25) is 5.91 Å². The quantitative estimate of drug-likeness (QED) is 0.822. The van der Waals surface area contributed by atoms with Crippen molar-refractivity contribution < 1.29 is 9.59 Å². The third-order valence-electron chi connectivity index (χ3n) is 4.56. The maximum Gasteiger partial charge on any atom is 0.317 e. The van der Waals surface area contributed by atoms with Crippen molar-refractivity contribution in [2.75, 3.05) is 39.3 Å². The number of amides is 3.